The van der Waals surface area contributed by atoms with E-state index in [0.29, 0.717) is 11.6 Å². The van der Waals surface area contributed by atoms with Gasteiger partial charge in [0.15, 0.2) is 0 Å². The molecule has 2 aromatic rings. The van der Waals surface area contributed by atoms with E-state index in [1.807, 2.05) is 31.2 Å². The lowest BCUT2D eigenvalue weighted by atomic mass is 10.2. The minimum Gasteiger partial charge on any atom is -0.376 e. The molecular weight excluding hydrogens is 262 g/mol. The van der Waals surface area contributed by atoms with Crippen molar-refractivity contribution in [1.82, 2.24) is 9.88 Å². The number of rotatable bonds is 4. The summed E-state index contributed by atoms with van der Waals surface area (Å²) in [5.74, 6) is 0.0569. The Kier molecular flexibility index (Phi) is 4.22. The van der Waals surface area contributed by atoms with Crippen molar-refractivity contribution in [2.45, 2.75) is 6.92 Å². The van der Waals surface area contributed by atoms with E-state index in [1.54, 1.807) is 18.1 Å². The molecule has 100 valence electrons. The van der Waals surface area contributed by atoms with Gasteiger partial charge >= 0.3 is 0 Å². The van der Waals surface area contributed by atoms with Crippen molar-refractivity contribution >= 4 is 34.1 Å². The van der Waals surface area contributed by atoms with Crippen LogP contribution in [0.2, 0.25) is 5.02 Å². The fourth-order valence-electron chi connectivity index (χ4n) is 1.76. The molecule has 5 heteroatoms. The predicted octanol–water partition coefficient (Wildman–Crippen LogP) is 2.78. The maximum atomic E-state index is 11.8. The molecule has 0 fully saturated rings. The van der Waals surface area contributed by atoms with Crippen LogP contribution < -0.4 is 5.32 Å². The van der Waals surface area contributed by atoms with Crippen molar-refractivity contribution in [2.24, 2.45) is 0 Å². The lowest BCUT2D eigenvalue weighted by Gasteiger charge is -2.16. The standard InChI is InChI=1S/C14H16ClN3O/c1-3-18(2)14(19)9-17-12-6-7-16-13-8-10(15)4-5-11(12)13/h4-8H,3,9H2,1-2H3,(H,16,17). The second kappa shape index (κ2) is 5.89. The van der Waals surface area contributed by atoms with E-state index in [-0.39, 0.29) is 12.5 Å². The maximum Gasteiger partial charge on any atom is 0.241 e. The van der Waals surface area contributed by atoms with Crippen LogP contribution in [-0.4, -0.2) is 35.9 Å². The van der Waals surface area contributed by atoms with Gasteiger partial charge in [0.05, 0.1) is 12.1 Å². The van der Waals surface area contributed by atoms with E-state index in [4.69, 9.17) is 11.6 Å². The number of aromatic nitrogens is 1. The number of halogens is 1. The highest BCUT2D eigenvalue weighted by atomic mass is 35.5. The van der Waals surface area contributed by atoms with Gasteiger partial charge in [-0.05, 0) is 31.2 Å². The van der Waals surface area contributed by atoms with Crippen molar-refractivity contribution in [2.75, 3.05) is 25.5 Å². The molecule has 1 aromatic carbocycles. The number of amides is 1. The molecule has 0 aliphatic rings. The Morgan fingerprint density at radius 3 is 2.95 bits per heavy atom. The van der Waals surface area contributed by atoms with Gasteiger partial charge in [-0.25, -0.2) is 0 Å². The number of fused-ring (bicyclic) bond motifs is 1. The second-order valence-electron chi connectivity index (χ2n) is 4.28. The molecule has 4 nitrogen and oxygen atoms in total. The van der Waals surface area contributed by atoms with E-state index < -0.39 is 0 Å². The SMILES string of the molecule is CCN(C)C(=O)CNc1ccnc2cc(Cl)ccc12. The Morgan fingerprint density at radius 1 is 1.42 bits per heavy atom. The number of nitrogens with one attached hydrogen (secondary N) is 1. The summed E-state index contributed by atoms with van der Waals surface area (Å²) in [6, 6.07) is 7.38. The van der Waals surface area contributed by atoms with Gasteiger partial charge in [-0.15, -0.1) is 0 Å². The summed E-state index contributed by atoms with van der Waals surface area (Å²) < 4.78 is 0. The summed E-state index contributed by atoms with van der Waals surface area (Å²) in [5.41, 5.74) is 1.70. The highest BCUT2D eigenvalue weighted by Gasteiger charge is 2.07. The van der Waals surface area contributed by atoms with Gasteiger partial charge in [-0.1, -0.05) is 11.6 Å². The zero-order valence-electron chi connectivity index (χ0n) is 11.0. The van der Waals surface area contributed by atoms with E-state index in [1.165, 1.54) is 0 Å². The zero-order chi connectivity index (χ0) is 13.8. The van der Waals surface area contributed by atoms with Crippen molar-refractivity contribution in [3.8, 4) is 0 Å². The Labute approximate surface area is 117 Å². The lowest BCUT2D eigenvalue weighted by Crippen LogP contribution is -2.31. The molecular formula is C14H16ClN3O. The van der Waals surface area contributed by atoms with E-state index in [9.17, 15) is 4.79 Å². The largest absolute Gasteiger partial charge is 0.376 e. The number of carbonyl (C=O) groups excluding carboxylic acids is 1. The number of pyridine rings is 1. The number of benzene rings is 1. The molecule has 0 bridgehead atoms. The number of nitrogens with zero attached hydrogens (tertiary/aromatic N) is 2. The molecule has 19 heavy (non-hydrogen) atoms. The van der Waals surface area contributed by atoms with Crippen molar-refractivity contribution in [3.05, 3.63) is 35.5 Å². The number of likely N-dealkylation sites (N-methyl/N-ethyl adjacent to an activating group) is 1. The van der Waals surface area contributed by atoms with Gasteiger partial charge in [0.1, 0.15) is 0 Å². The molecule has 2 rings (SSSR count). The van der Waals surface area contributed by atoms with Gasteiger partial charge in [0, 0.05) is 35.9 Å². The highest BCUT2D eigenvalue weighted by molar-refractivity contribution is 6.31. The van der Waals surface area contributed by atoms with Crippen LogP contribution in [-0.2, 0) is 4.79 Å². The first-order valence-corrected chi connectivity index (χ1v) is 6.51. The Balaban J connectivity index is 2.19. The number of carbonyl (C=O) groups is 1. The number of hydrogen-bond donors (Lipinski definition) is 1. The Bertz CT molecular complexity index is 600. The maximum absolute atomic E-state index is 11.8. The van der Waals surface area contributed by atoms with E-state index in [0.717, 1.165) is 16.6 Å². The van der Waals surface area contributed by atoms with Crippen LogP contribution in [0.4, 0.5) is 5.69 Å². The van der Waals surface area contributed by atoms with Crippen LogP contribution in [0.15, 0.2) is 30.5 Å². The topological polar surface area (TPSA) is 45.2 Å². The van der Waals surface area contributed by atoms with Gasteiger partial charge in [0.25, 0.3) is 0 Å². The molecule has 0 aliphatic carbocycles. The molecule has 1 amide bonds. The van der Waals surface area contributed by atoms with Gasteiger partial charge in [-0.3, -0.25) is 9.78 Å². The van der Waals surface area contributed by atoms with Crippen molar-refractivity contribution in [3.63, 3.8) is 0 Å². The number of anilines is 1. The van der Waals surface area contributed by atoms with Gasteiger partial charge < -0.3 is 10.2 Å². The first-order valence-electron chi connectivity index (χ1n) is 6.14. The first-order chi connectivity index (χ1) is 9.11. The molecule has 0 atom stereocenters. The van der Waals surface area contributed by atoms with Gasteiger partial charge in [0.2, 0.25) is 5.91 Å². The molecule has 0 saturated carbocycles. The summed E-state index contributed by atoms with van der Waals surface area (Å²) in [7, 11) is 1.79. The average molecular weight is 278 g/mol. The summed E-state index contributed by atoms with van der Waals surface area (Å²) in [4.78, 5) is 17.7. The fraction of sp³-hybridized carbons (Fsp3) is 0.286. The molecule has 1 aromatic heterocycles. The predicted molar refractivity (Wildman–Crippen MR) is 78.6 cm³/mol. The monoisotopic (exact) mass is 277 g/mol. The van der Waals surface area contributed by atoms with Crippen LogP contribution in [0.3, 0.4) is 0 Å². The molecule has 1 N–H and O–H groups in total. The number of hydrogen-bond acceptors (Lipinski definition) is 3. The summed E-state index contributed by atoms with van der Waals surface area (Å²) in [5, 5.41) is 4.76. The van der Waals surface area contributed by atoms with Crippen LogP contribution >= 0.6 is 11.6 Å². The van der Waals surface area contributed by atoms with E-state index in [2.05, 4.69) is 10.3 Å². The Hall–Kier alpha value is -1.81. The van der Waals surface area contributed by atoms with Crippen LogP contribution in [0.25, 0.3) is 10.9 Å². The zero-order valence-corrected chi connectivity index (χ0v) is 11.7. The Morgan fingerprint density at radius 2 is 2.21 bits per heavy atom. The average Bonchev–Trinajstić information content (AvgIpc) is 2.43. The third-order valence-corrected chi connectivity index (χ3v) is 3.27. The van der Waals surface area contributed by atoms with Crippen LogP contribution in [0, 0.1) is 0 Å². The van der Waals surface area contributed by atoms with Crippen LogP contribution in [0.1, 0.15) is 6.92 Å². The van der Waals surface area contributed by atoms with Crippen molar-refractivity contribution < 1.29 is 4.79 Å². The molecule has 0 aliphatic heterocycles. The van der Waals surface area contributed by atoms with E-state index >= 15 is 0 Å². The minimum atomic E-state index is 0.0569. The molecule has 0 radical (unpaired) electrons. The minimum absolute atomic E-state index is 0.0569. The van der Waals surface area contributed by atoms with Crippen LogP contribution in [0.5, 0.6) is 0 Å². The fourth-order valence-corrected chi connectivity index (χ4v) is 1.92. The molecule has 0 saturated heterocycles. The van der Waals surface area contributed by atoms with Crippen molar-refractivity contribution in [1.29, 1.82) is 0 Å². The highest BCUT2D eigenvalue weighted by Crippen LogP contribution is 2.24. The van der Waals surface area contributed by atoms with Gasteiger partial charge in [-0.2, -0.15) is 0 Å². The third kappa shape index (κ3) is 3.15. The summed E-state index contributed by atoms with van der Waals surface area (Å²) in [6.45, 7) is 2.92. The quantitative estimate of drug-likeness (QED) is 0.935. The molecule has 0 unspecified atom stereocenters. The smallest absolute Gasteiger partial charge is 0.241 e. The summed E-state index contributed by atoms with van der Waals surface area (Å²) >= 11 is 5.94. The normalized spacial score (nSPS) is 10.5. The second-order valence-corrected chi connectivity index (χ2v) is 4.72. The molecule has 1 heterocycles. The lowest BCUT2D eigenvalue weighted by molar-refractivity contribution is -0.127. The summed E-state index contributed by atoms with van der Waals surface area (Å²) in [6.07, 6.45) is 1.70. The third-order valence-electron chi connectivity index (χ3n) is 3.03. The first kappa shape index (κ1) is 13.6. The molecule has 0 spiro atoms.